The molecule has 0 heterocycles. The molecule has 24 heavy (non-hydrogen) atoms. The zero-order valence-electron chi connectivity index (χ0n) is 15.2. The molecule has 0 unspecified atom stereocenters. The SMILES string of the molecule is COP(=O)(CCN[C@@H]1CCCC[C@H]1NCCP(=O)(OC)OC)OC. The average Bonchev–Trinajstić information content (AvgIpc) is 2.62. The Labute approximate surface area is 145 Å². The maximum absolute atomic E-state index is 12.1. The zero-order chi connectivity index (χ0) is 18.1. The summed E-state index contributed by atoms with van der Waals surface area (Å²) in [5, 5.41) is 6.89. The van der Waals surface area contributed by atoms with E-state index >= 15 is 0 Å². The van der Waals surface area contributed by atoms with Crippen LogP contribution in [0.5, 0.6) is 0 Å². The molecule has 1 aliphatic rings. The van der Waals surface area contributed by atoms with Crippen molar-refractivity contribution in [1.82, 2.24) is 10.6 Å². The normalized spacial score (nSPS) is 22.7. The van der Waals surface area contributed by atoms with Crippen LogP contribution in [-0.4, -0.2) is 65.9 Å². The summed E-state index contributed by atoms with van der Waals surface area (Å²) >= 11 is 0. The lowest BCUT2D eigenvalue weighted by atomic mass is 9.90. The van der Waals surface area contributed by atoms with E-state index in [0.717, 1.165) is 25.7 Å². The Morgan fingerprint density at radius 1 is 0.750 bits per heavy atom. The molecule has 0 saturated heterocycles. The fourth-order valence-electron chi connectivity index (χ4n) is 2.91. The quantitative estimate of drug-likeness (QED) is 0.494. The first-order valence-electron chi connectivity index (χ1n) is 8.30. The fourth-order valence-corrected chi connectivity index (χ4v) is 4.74. The van der Waals surface area contributed by atoms with Gasteiger partial charge in [-0.15, -0.1) is 0 Å². The van der Waals surface area contributed by atoms with Crippen LogP contribution in [0.2, 0.25) is 0 Å². The van der Waals surface area contributed by atoms with Gasteiger partial charge in [0.1, 0.15) is 0 Å². The van der Waals surface area contributed by atoms with Crippen LogP contribution in [0.25, 0.3) is 0 Å². The standard InChI is InChI=1S/C14H32N2O6P2/c1-19-23(17,20-2)11-9-15-13-7-5-6-8-14(13)16-10-12-24(18,21-3)22-4/h13-16H,5-12H2,1-4H3/t13-,14-/m1/s1. The Morgan fingerprint density at radius 3 is 1.38 bits per heavy atom. The molecule has 1 fully saturated rings. The van der Waals surface area contributed by atoms with E-state index in [1.165, 1.54) is 28.4 Å². The van der Waals surface area contributed by atoms with Gasteiger partial charge in [0.2, 0.25) is 0 Å². The Bertz CT molecular complexity index is 395. The van der Waals surface area contributed by atoms with Gasteiger partial charge in [-0.25, -0.2) is 0 Å². The monoisotopic (exact) mass is 386 g/mol. The van der Waals surface area contributed by atoms with Crippen LogP contribution < -0.4 is 10.6 Å². The third-order valence-corrected chi connectivity index (χ3v) is 8.23. The largest absolute Gasteiger partial charge is 0.331 e. The summed E-state index contributed by atoms with van der Waals surface area (Å²) in [6.07, 6.45) is 5.10. The zero-order valence-corrected chi connectivity index (χ0v) is 16.9. The van der Waals surface area contributed by atoms with E-state index < -0.39 is 15.2 Å². The van der Waals surface area contributed by atoms with Crippen LogP contribution in [0.1, 0.15) is 25.7 Å². The summed E-state index contributed by atoms with van der Waals surface area (Å²) < 4.78 is 43.9. The van der Waals surface area contributed by atoms with Gasteiger partial charge in [0.05, 0.1) is 12.3 Å². The first kappa shape index (κ1) is 22.3. The van der Waals surface area contributed by atoms with Crippen LogP contribution >= 0.6 is 15.2 Å². The van der Waals surface area contributed by atoms with Gasteiger partial charge in [-0.05, 0) is 12.8 Å². The van der Waals surface area contributed by atoms with Crippen molar-refractivity contribution in [3.63, 3.8) is 0 Å². The molecule has 1 saturated carbocycles. The van der Waals surface area contributed by atoms with Crippen molar-refractivity contribution in [3.05, 3.63) is 0 Å². The van der Waals surface area contributed by atoms with Crippen molar-refractivity contribution in [2.75, 3.05) is 53.9 Å². The Balaban J connectivity index is 2.42. The van der Waals surface area contributed by atoms with E-state index in [4.69, 9.17) is 18.1 Å². The van der Waals surface area contributed by atoms with Crippen LogP contribution in [0.4, 0.5) is 0 Å². The lowest BCUT2D eigenvalue weighted by Gasteiger charge is -2.33. The van der Waals surface area contributed by atoms with Crippen molar-refractivity contribution in [3.8, 4) is 0 Å². The van der Waals surface area contributed by atoms with Crippen LogP contribution in [-0.2, 0) is 27.2 Å². The highest BCUT2D eigenvalue weighted by Gasteiger charge is 2.27. The second kappa shape index (κ2) is 11.0. The third kappa shape index (κ3) is 7.22. The van der Waals surface area contributed by atoms with E-state index in [0.29, 0.717) is 25.4 Å². The van der Waals surface area contributed by atoms with Gasteiger partial charge in [-0.1, -0.05) is 12.8 Å². The Kier molecular flexibility index (Phi) is 10.2. The Morgan fingerprint density at radius 2 is 1.08 bits per heavy atom. The number of rotatable bonds is 12. The minimum absolute atomic E-state index is 0.283. The molecule has 144 valence electrons. The molecule has 0 spiro atoms. The molecule has 0 bridgehead atoms. The summed E-state index contributed by atoms with van der Waals surface area (Å²) in [5.41, 5.74) is 0. The van der Waals surface area contributed by atoms with Crippen molar-refractivity contribution < 1.29 is 27.2 Å². The lowest BCUT2D eigenvalue weighted by Crippen LogP contribution is -2.51. The average molecular weight is 386 g/mol. The summed E-state index contributed by atoms with van der Waals surface area (Å²) in [7, 11) is -0.338. The van der Waals surface area contributed by atoms with Crippen LogP contribution in [0.15, 0.2) is 0 Å². The number of hydrogen-bond acceptors (Lipinski definition) is 8. The maximum atomic E-state index is 12.1. The van der Waals surface area contributed by atoms with Crippen molar-refractivity contribution >= 4 is 15.2 Å². The maximum Gasteiger partial charge on any atom is 0.331 e. The minimum Gasteiger partial charge on any atom is -0.312 e. The van der Waals surface area contributed by atoms with Gasteiger partial charge in [0.15, 0.2) is 0 Å². The smallest absolute Gasteiger partial charge is 0.312 e. The van der Waals surface area contributed by atoms with Gasteiger partial charge in [0, 0.05) is 53.6 Å². The fraction of sp³-hybridized carbons (Fsp3) is 1.00. The van der Waals surface area contributed by atoms with Crippen molar-refractivity contribution in [2.24, 2.45) is 0 Å². The topological polar surface area (TPSA) is 95.1 Å². The van der Waals surface area contributed by atoms with Gasteiger partial charge >= 0.3 is 15.2 Å². The third-order valence-electron chi connectivity index (χ3n) is 4.46. The molecule has 2 atom stereocenters. The molecule has 1 rings (SSSR count). The van der Waals surface area contributed by atoms with Crippen LogP contribution in [0, 0.1) is 0 Å². The lowest BCUT2D eigenvalue weighted by molar-refractivity contribution is 0.262. The van der Waals surface area contributed by atoms with Crippen molar-refractivity contribution in [1.29, 1.82) is 0 Å². The van der Waals surface area contributed by atoms with Gasteiger partial charge in [-0.3, -0.25) is 9.13 Å². The van der Waals surface area contributed by atoms with E-state index in [2.05, 4.69) is 10.6 Å². The summed E-state index contributed by atoms with van der Waals surface area (Å²) in [6, 6.07) is 0.566. The molecule has 0 aromatic carbocycles. The molecule has 10 heteroatoms. The number of nitrogens with one attached hydrogen (secondary N) is 2. The highest BCUT2D eigenvalue weighted by Crippen LogP contribution is 2.46. The van der Waals surface area contributed by atoms with Gasteiger partial charge in [0.25, 0.3) is 0 Å². The Hall–Kier alpha value is 0.220. The number of hydrogen-bond donors (Lipinski definition) is 2. The molecular formula is C14H32N2O6P2. The van der Waals surface area contributed by atoms with E-state index in [-0.39, 0.29) is 12.1 Å². The van der Waals surface area contributed by atoms with Crippen LogP contribution in [0.3, 0.4) is 0 Å². The summed E-state index contributed by atoms with van der Waals surface area (Å²) in [4.78, 5) is 0. The van der Waals surface area contributed by atoms with Gasteiger partial charge in [-0.2, -0.15) is 0 Å². The molecule has 1 aliphatic carbocycles. The second-order valence-electron chi connectivity index (χ2n) is 5.81. The highest BCUT2D eigenvalue weighted by molar-refractivity contribution is 7.54. The molecular weight excluding hydrogens is 354 g/mol. The van der Waals surface area contributed by atoms with Gasteiger partial charge < -0.3 is 28.7 Å². The predicted octanol–water partition coefficient (Wildman–Crippen LogP) is 2.45. The molecule has 2 N–H and O–H groups in total. The molecule has 0 aromatic rings. The minimum atomic E-state index is -2.97. The van der Waals surface area contributed by atoms with E-state index in [1.54, 1.807) is 0 Å². The molecule has 0 aliphatic heterocycles. The van der Waals surface area contributed by atoms with E-state index in [9.17, 15) is 9.13 Å². The van der Waals surface area contributed by atoms with E-state index in [1.807, 2.05) is 0 Å². The highest BCUT2D eigenvalue weighted by atomic mass is 31.2. The predicted molar refractivity (Wildman–Crippen MR) is 95.0 cm³/mol. The molecule has 0 aromatic heterocycles. The first-order valence-corrected chi connectivity index (χ1v) is 11.8. The second-order valence-corrected chi connectivity index (χ2v) is 10.6. The van der Waals surface area contributed by atoms with Crippen molar-refractivity contribution in [2.45, 2.75) is 37.8 Å². The molecule has 0 radical (unpaired) electrons. The molecule has 8 nitrogen and oxygen atoms in total. The summed E-state index contributed by atoms with van der Waals surface area (Å²) in [6.45, 7) is 1.13. The summed E-state index contributed by atoms with van der Waals surface area (Å²) in [5.74, 6) is 0. The first-order chi connectivity index (χ1) is 11.4. The molecule has 0 amide bonds.